The molecule has 0 saturated carbocycles. The number of rotatable bonds is 10. The Hall–Kier alpha value is -1.06. The van der Waals surface area contributed by atoms with Crippen LogP contribution in [0.25, 0.3) is 0 Å². The molecule has 0 aliphatic carbocycles. The van der Waals surface area contributed by atoms with Gasteiger partial charge >= 0.3 is 5.97 Å². The molecular formula is C16H26ClNO2. The van der Waals surface area contributed by atoms with Crippen LogP contribution in [-0.2, 0) is 16.1 Å². The van der Waals surface area contributed by atoms with Crippen molar-refractivity contribution in [2.24, 2.45) is 0 Å². The summed E-state index contributed by atoms with van der Waals surface area (Å²) in [5, 5.41) is 3.43. The quantitative estimate of drug-likeness (QED) is 0.529. The maximum Gasteiger partial charge on any atom is 0.305 e. The van der Waals surface area contributed by atoms with Gasteiger partial charge in [0, 0.05) is 13.0 Å². The highest BCUT2D eigenvalue weighted by Gasteiger charge is 2.00. The van der Waals surface area contributed by atoms with Gasteiger partial charge in [-0.2, -0.15) is 0 Å². The van der Waals surface area contributed by atoms with Crippen LogP contribution in [0.2, 0.25) is 0 Å². The predicted octanol–water partition coefficient (Wildman–Crippen LogP) is 3.71. The molecule has 0 aromatic heterocycles. The number of carbonyl (C=O) groups excluding carboxylic acids is 1. The van der Waals surface area contributed by atoms with Crippen molar-refractivity contribution in [3.63, 3.8) is 0 Å². The number of carbonyl (C=O) groups is 1. The summed E-state index contributed by atoms with van der Waals surface area (Å²) in [7, 11) is 0. The van der Waals surface area contributed by atoms with Gasteiger partial charge < -0.3 is 10.1 Å². The maximum atomic E-state index is 11.1. The normalized spacial score (nSPS) is 9.85. The zero-order valence-corrected chi connectivity index (χ0v) is 13.1. The first-order valence-corrected chi connectivity index (χ1v) is 7.23. The zero-order valence-electron chi connectivity index (χ0n) is 12.3. The number of benzene rings is 1. The van der Waals surface area contributed by atoms with Crippen molar-refractivity contribution in [3.05, 3.63) is 35.9 Å². The number of esters is 1. The third kappa shape index (κ3) is 9.82. The summed E-state index contributed by atoms with van der Waals surface area (Å²) in [5.74, 6) is -0.0651. The maximum absolute atomic E-state index is 11.1. The fourth-order valence-electron chi connectivity index (χ4n) is 1.93. The summed E-state index contributed by atoms with van der Waals surface area (Å²) in [6.45, 7) is 4.30. The molecule has 1 N–H and O–H groups in total. The van der Waals surface area contributed by atoms with E-state index in [1.807, 2.05) is 13.0 Å². The van der Waals surface area contributed by atoms with Crippen LogP contribution in [0.4, 0.5) is 0 Å². The number of ether oxygens (including phenoxy) is 1. The van der Waals surface area contributed by atoms with Crippen molar-refractivity contribution < 1.29 is 9.53 Å². The minimum Gasteiger partial charge on any atom is -0.466 e. The van der Waals surface area contributed by atoms with Crippen molar-refractivity contribution in [2.75, 3.05) is 13.2 Å². The summed E-state index contributed by atoms with van der Waals surface area (Å²) in [6.07, 6.45) is 4.94. The molecule has 0 spiro atoms. The average molecular weight is 300 g/mol. The topological polar surface area (TPSA) is 38.3 Å². The van der Waals surface area contributed by atoms with E-state index in [1.165, 1.54) is 12.0 Å². The van der Waals surface area contributed by atoms with Crippen LogP contribution in [-0.4, -0.2) is 19.1 Å². The minimum atomic E-state index is -0.0651. The van der Waals surface area contributed by atoms with Gasteiger partial charge in [0.1, 0.15) is 0 Å². The Kier molecular flexibility index (Phi) is 12.3. The van der Waals surface area contributed by atoms with Crippen LogP contribution >= 0.6 is 12.4 Å². The first-order valence-electron chi connectivity index (χ1n) is 7.23. The van der Waals surface area contributed by atoms with Crippen LogP contribution in [0.15, 0.2) is 30.3 Å². The van der Waals surface area contributed by atoms with Crippen molar-refractivity contribution in [1.82, 2.24) is 5.32 Å². The van der Waals surface area contributed by atoms with Crippen molar-refractivity contribution in [1.29, 1.82) is 0 Å². The van der Waals surface area contributed by atoms with E-state index in [1.54, 1.807) is 0 Å². The number of halogens is 1. The van der Waals surface area contributed by atoms with E-state index >= 15 is 0 Å². The number of nitrogens with one attached hydrogen (secondary N) is 1. The van der Waals surface area contributed by atoms with E-state index in [2.05, 4.69) is 29.6 Å². The molecule has 0 heterocycles. The predicted molar refractivity (Wildman–Crippen MR) is 85.1 cm³/mol. The lowest BCUT2D eigenvalue weighted by molar-refractivity contribution is -0.143. The van der Waals surface area contributed by atoms with Gasteiger partial charge in [0.2, 0.25) is 0 Å². The Labute approximate surface area is 128 Å². The molecule has 0 aliphatic rings. The van der Waals surface area contributed by atoms with Gasteiger partial charge in [-0.1, -0.05) is 43.2 Å². The summed E-state index contributed by atoms with van der Waals surface area (Å²) in [5.41, 5.74) is 1.32. The van der Waals surface area contributed by atoms with Gasteiger partial charge in [-0.05, 0) is 31.9 Å². The molecule has 0 aliphatic heterocycles. The van der Waals surface area contributed by atoms with Crippen LogP contribution in [0.5, 0.6) is 0 Å². The molecule has 20 heavy (non-hydrogen) atoms. The van der Waals surface area contributed by atoms with Gasteiger partial charge in [-0.3, -0.25) is 4.79 Å². The third-order valence-corrected chi connectivity index (χ3v) is 2.96. The second-order valence-corrected chi connectivity index (χ2v) is 4.63. The molecule has 0 bridgehead atoms. The van der Waals surface area contributed by atoms with Gasteiger partial charge in [-0.25, -0.2) is 0 Å². The third-order valence-electron chi connectivity index (χ3n) is 2.96. The highest BCUT2D eigenvalue weighted by Crippen LogP contribution is 2.04. The number of unbranched alkanes of at least 4 members (excludes halogenated alkanes) is 3. The van der Waals surface area contributed by atoms with Gasteiger partial charge in [0.25, 0.3) is 0 Å². The van der Waals surface area contributed by atoms with E-state index in [0.29, 0.717) is 13.0 Å². The molecule has 114 valence electrons. The Morgan fingerprint density at radius 1 is 1.10 bits per heavy atom. The molecule has 3 nitrogen and oxygen atoms in total. The van der Waals surface area contributed by atoms with Crippen molar-refractivity contribution in [2.45, 2.75) is 45.6 Å². The lowest BCUT2D eigenvalue weighted by Gasteiger charge is -2.05. The molecule has 0 atom stereocenters. The minimum absolute atomic E-state index is 0. The van der Waals surface area contributed by atoms with E-state index < -0.39 is 0 Å². The van der Waals surface area contributed by atoms with E-state index in [0.717, 1.165) is 32.4 Å². The SMILES string of the molecule is CCOC(=O)CCCCCCNCc1ccccc1.Cl. The Bertz CT molecular complexity index is 344. The molecule has 0 unspecified atom stereocenters. The summed E-state index contributed by atoms with van der Waals surface area (Å²) in [6, 6.07) is 10.4. The van der Waals surface area contributed by atoms with Crippen LogP contribution in [0.3, 0.4) is 0 Å². The second-order valence-electron chi connectivity index (χ2n) is 4.63. The van der Waals surface area contributed by atoms with E-state index in [-0.39, 0.29) is 18.4 Å². The van der Waals surface area contributed by atoms with Crippen molar-refractivity contribution >= 4 is 18.4 Å². The Morgan fingerprint density at radius 2 is 1.80 bits per heavy atom. The summed E-state index contributed by atoms with van der Waals surface area (Å²) >= 11 is 0. The molecule has 0 saturated heterocycles. The largest absolute Gasteiger partial charge is 0.466 e. The molecule has 1 rings (SSSR count). The number of hydrogen-bond donors (Lipinski definition) is 1. The van der Waals surface area contributed by atoms with E-state index in [9.17, 15) is 4.79 Å². The van der Waals surface area contributed by atoms with Crippen molar-refractivity contribution in [3.8, 4) is 0 Å². The van der Waals surface area contributed by atoms with Gasteiger partial charge in [0.05, 0.1) is 6.61 Å². The summed E-state index contributed by atoms with van der Waals surface area (Å²) in [4.78, 5) is 11.1. The molecule has 0 radical (unpaired) electrons. The molecule has 1 aromatic carbocycles. The Morgan fingerprint density at radius 3 is 2.50 bits per heavy atom. The first-order chi connectivity index (χ1) is 9.33. The molecule has 0 fully saturated rings. The molecule has 1 aromatic rings. The smallest absolute Gasteiger partial charge is 0.305 e. The zero-order chi connectivity index (χ0) is 13.8. The highest BCUT2D eigenvalue weighted by atomic mass is 35.5. The lowest BCUT2D eigenvalue weighted by atomic mass is 10.1. The number of hydrogen-bond acceptors (Lipinski definition) is 3. The van der Waals surface area contributed by atoms with Gasteiger partial charge in [-0.15, -0.1) is 12.4 Å². The fraction of sp³-hybridized carbons (Fsp3) is 0.562. The molecular weight excluding hydrogens is 274 g/mol. The molecule has 4 heteroatoms. The Balaban J connectivity index is 0.00000361. The standard InChI is InChI=1S/C16H25NO2.ClH/c1-2-19-16(18)12-8-3-4-9-13-17-14-15-10-6-5-7-11-15;/h5-7,10-11,17H,2-4,8-9,12-14H2,1H3;1H. The molecule has 0 amide bonds. The van der Waals surface area contributed by atoms with E-state index in [4.69, 9.17) is 4.74 Å². The van der Waals surface area contributed by atoms with Crippen LogP contribution in [0, 0.1) is 0 Å². The first kappa shape index (κ1) is 18.9. The van der Waals surface area contributed by atoms with Gasteiger partial charge in [0.15, 0.2) is 0 Å². The average Bonchev–Trinajstić information content (AvgIpc) is 2.43. The lowest BCUT2D eigenvalue weighted by Crippen LogP contribution is -2.14. The highest BCUT2D eigenvalue weighted by molar-refractivity contribution is 5.85. The second kappa shape index (κ2) is 12.9. The van der Waals surface area contributed by atoms with Crippen LogP contribution < -0.4 is 5.32 Å². The monoisotopic (exact) mass is 299 g/mol. The van der Waals surface area contributed by atoms with Crippen LogP contribution in [0.1, 0.15) is 44.6 Å². The summed E-state index contributed by atoms with van der Waals surface area (Å²) < 4.78 is 4.88. The fourth-order valence-corrected chi connectivity index (χ4v) is 1.93.